The van der Waals surface area contributed by atoms with Gasteiger partial charge in [-0.25, -0.2) is 8.78 Å². The zero-order valence-electron chi connectivity index (χ0n) is 7.71. The number of rotatable bonds is 1. The lowest BCUT2D eigenvalue weighted by Gasteiger charge is -2.06. The molecule has 0 unspecified atom stereocenters. The molecule has 15 heavy (non-hydrogen) atoms. The number of fused-ring (bicyclic) bond motifs is 3. The van der Waals surface area contributed by atoms with Crippen molar-refractivity contribution in [3.8, 4) is 0 Å². The average molecular weight is 210 g/mol. The number of carboxylic acid groups (broad SMARTS) is 1. The van der Waals surface area contributed by atoms with Crippen LogP contribution < -0.4 is 0 Å². The minimum absolute atomic E-state index is 0.0196. The number of hydrogen-bond acceptors (Lipinski definition) is 1. The fourth-order valence-corrected chi connectivity index (χ4v) is 2.76. The zero-order valence-corrected chi connectivity index (χ0v) is 7.71. The van der Waals surface area contributed by atoms with Crippen LogP contribution in [0.4, 0.5) is 8.78 Å². The molecule has 0 saturated heterocycles. The van der Waals surface area contributed by atoms with Gasteiger partial charge in [0.05, 0.1) is 5.92 Å². The van der Waals surface area contributed by atoms with Gasteiger partial charge in [-0.15, -0.1) is 0 Å². The number of benzene rings is 1. The standard InChI is InChI=1S/C11H8F2O2/c12-6-2-1-4-3-5-8(7(4)10(6)13)9(5)11(14)15/h1-2,5,8-9H,3H2,(H,14,15)/t5-,8-,9+/m0/s1. The summed E-state index contributed by atoms with van der Waals surface area (Å²) in [7, 11) is 0. The van der Waals surface area contributed by atoms with Crippen LogP contribution in [0.5, 0.6) is 0 Å². The summed E-state index contributed by atoms with van der Waals surface area (Å²) in [6, 6.07) is 2.66. The lowest BCUT2D eigenvalue weighted by molar-refractivity contribution is -0.139. The second-order valence-electron chi connectivity index (χ2n) is 4.19. The van der Waals surface area contributed by atoms with Gasteiger partial charge < -0.3 is 5.11 Å². The van der Waals surface area contributed by atoms with Crippen LogP contribution in [-0.4, -0.2) is 11.1 Å². The highest BCUT2D eigenvalue weighted by molar-refractivity contribution is 5.77. The third-order valence-corrected chi connectivity index (χ3v) is 3.47. The first kappa shape index (κ1) is 8.83. The Balaban J connectivity index is 2.08. The Hall–Kier alpha value is -1.45. The van der Waals surface area contributed by atoms with Gasteiger partial charge in [0.1, 0.15) is 0 Å². The van der Waals surface area contributed by atoms with Crippen LogP contribution in [0.1, 0.15) is 17.0 Å². The molecule has 1 N–H and O–H groups in total. The van der Waals surface area contributed by atoms with Gasteiger partial charge in [-0.1, -0.05) is 6.07 Å². The van der Waals surface area contributed by atoms with Gasteiger partial charge >= 0.3 is 5.97 Å². The van der Waals surface area contributed by atoms with E-state index in [4.69, 9.17) is 5.11 Å². The van der Waals surface area contributed by atoms with E-state index in [0.717, 1.165) is 11.6 Å². The van der Waals surface area contributed by atoms with Crippen molar-refractivity contribution in [2.75, 3.05) is 0 Å². The van der Waals surface area contributed by atoms with E-state index in [9.17, 15) is 13.6 Å². The summed E-state index contributed by atoms with van der Waals surface area (Å²) in [5.74, 6) is -3.47. The first-order chi connectivity index (χ1) is 7.11. The van der Waals surface area contributed by atoms with Crippen LogP contribution in [0, 0.1) is 23.5 Å². The van der Waals surface area contributed by atoms with Crippen molar-refractivity contribution in [3.05, 3.63) is 34.9 Å². The normalized spacial score (nSPS) is 30.9. The number of halogens is 2. The fourth-order valence-electron chi connectivity index (χ4n) is 2.76. The second-order valence-corrected chi connectivity index (χ2v) is 4.19. The van der Waals surface area contributed by atoms with Gasteiger partial charge in [0.15, 0.2) is 11.6 Å². The lowest BCUT2D eigenvalue weighted by atomic mass is 10.0. The molecule has 0 aromatic heterocycles. The predicted molar refractivity (Wildman–Crippen MR) is 47.4 cm³/mol. The van der Waals surface area contributed by atoms with Crippen molar-refractivity contribution in [2.45, 2.75) is 12.3 Å². The van der Waals surface area contributed by atoms with Crippen molar-refractivity contribution in [2.24, 2.45) is 11.8 Å². The zero-order chi connectivity index (χ0) is 10.7. The third kappa shape index (κ3) is 0.991. The van der Waals surface area contributed by atoms with Crippen molar-refractivity contribution < 1.29 is 18.7 Å². The summed E-state index contributed by atoms with van der Waals surface area (Å²) in [4.78, 5) is 10.8. The van der Waals surface area contributed by atoms with Crippen LogP contribution >= 0.6 is 0 Å². The highest BCUT2D eigenvalue weighted by Crippen LogP contribution is 2.62. The van der Waals surface area contributed by atoms with Crippen molar-refractivity contribution >= 4 is 5.97 Å². The van der Waals surface area contributed by atoms with Gasteiger partial charge in [0.2, 0.25) is 0 Å². The molecule has 3 rings (SSSR count). The van der Waals surface area contributed by atoms with Gasteiger partial charge in [-0.05, 0) is 29.5 Å². The van der Waals surface area contributed by atoms with Gasteiger partial charge in [-0.3, -0.25) is 4.79 Å². The highest BCUT2D eigenvalue weighted by atomic mass is 19.2. The topological polar surface area (TPSA) is 37.3 Å². The number of carbonyl (C=O) groups is 1. The monoisotopic (exact) mass is 210 g/mol. The van der Waals surface area contributed by atoms with E-state index in [0.29, 0.717) is 12.0 Å². The summed E-state index contributed by atoms with van der Waals surface area (Å²) in [6.45, 7) is 0. The van der Waals surface area contributed by atoms with Gasteiger partial charge in [0, 0.05) is 5.92 Å². The van der Waals surface area contributed by atoms with Crippen molar-refractivity contribution in [1.82, 2.24) is 0 Å². The smallest absolute Gasteiger partial charge is 0.307 e. The largest absolute Gasteiger partial charge is 0.481 e. The van der Waals surface area contributed by atoms with Crippen LogP contribution in [0.25, 0.3) is 0 Å². The molecule has 1 fully saturated rings. The molecule has 4 heteroatoms. The van der Waals surface area contributed by atoms with E-state index in [2.05, 4.69) is 0 Å². The highest BCUT2D eigenvalue weighted by Gasteiger charge is 2.60. The molecular weight excluding hydrogens is 202 g/mol. The maximum absolute atomic E-state index is 13.4. The van der Waals surface area contributed by atoms with Crippen LogP contribution in [0.2, 0.25) is 0 Å². The molecule has 0 spiro atoms. The molecule has 3 atom stereocenters. The molecule has 1 saturated carbocycles. The SMILES string of the molecule is O=C(O)[C@@H]1[C@H]2Cc3ccc(F)c(F)c3[C@H]21. The molecule has 0 aliphatic heterocycles. The molecule has 1 aromatic carbocycles. The third-order valence-electron chi connectivity index (χ3n) is 3.47. The van der Waals surface area contributed by atoms with Crippen LogP contribution in [-0.2, 0) is 11.2 Å². The number of hydrogen-bond donors (Lipinski definition) is 1. The minimum Gasteiger partial charge on any atom is -0.481 e. The predicted octanol–water partition coefficient (Wildman–Crippen LogP) is 1.94. The Bertz CT molecular complexity index is 470. The molecule has 0 amide bonds. The van der Waals surface area contributed by atoms with E-state index in [1.54, 1.807) is 6.07 Å². The Morgan fingerprint density at radius 1 is 1.40 bits per heavy atom. The van der Waals surface area contributed by atoms with E-state index in [-0.39, 0.29) is 11.8 Å². The van der Waals surface area contributed by atoms with Crippen LogP contribution in [0.15, 0.2) is 12.1 Å². The summed E-state index contributed by atoms with van der Waals surface area (Å²) in [5.41, 5.74) is 1.06. The Labute approximate surface area is 84.5 Å². The van der Waals surface area contributed by atoms with E-state index < -0.39 is 23.5 Å². The Morgan fingerprint density at radius 2 is 2.13 bits per heavy atom. The van der Waals surface area contributed by atoms with Gasteiger partial charge in [0.25, 0.3) is 0 Å². The molecule has 2 aliphatic carbocycles. The Morgan fingerprint density at radius 3 is 2.80 bits per heavy atom. The summed E-state index contributed by atoms with van der Waals surface area (Å²) in [6.07, 6.45) is 0.564. The molecular formula is C11H8F2O2. The second kappa shape index (κ2) is 2.56. The molecule has 0 heterocycles. The van der Waals surface area contributed by atoms with Crippen LogP contribution in [0.3, 0.4) is 0 Å². The molecule has 0 bridgehead atoms. The van der Waals surface area contributed by atoms with E-state index >= 15 is 0 Å². The van der Waals surface area contributed by atoms with Gasteiger partial charge in [-0.2, -0.15) is 0 Å². The summed E-state index contributed by atoms with van der Waals surface area (Å²) < 4.78 is 26.4. The summed E-state index contributed by atoms with van der Waals surface area (Å²) >= 11 is 0. The molecule has 0 radical (unpaired) electrons. The van der Waals surface area contributed by atoms with Crippen molar-refractivity contribution in [1.29, 1.82) is 0 Å². The average Bonchev–Trinajstić information content (AvgIpc) is 2.76. The maximum Gasteiger partial charge on any atom is 0.307 e. The first-order valence-electron chi connectivity index (χ1n) is 4.81. The maximum atomic E-state index is 13.4. The minimum atomic E-state index is -0.903. The molecule has 1 aromatic rings. The number of carboxylic acids is 1. The first-order valence-corrected chi connectivity index (χ1v) is 4.81. The quantitative estimate of drug-likeness (QED) is 0.769. The molecule has 2 aliphatic rings. The molecule has 2 nitrogen and oxygen atoms in total. The fraction of sp³-hybridized carbons (Fsp3) is 0.364. The van der Waals surface area contributed by atoms with E-state index in [1.807, 2.05) is 0 Å². The van der Waals surface area contributed by atoms with Crippen molar-refractivity contribution in [3.63, 3.8) is 0 Å². The number of aliphatic carboxylic acids is 1. The Kier molecular flexibility index (Phi) is 1.51. The lowest BCUT2D eigenvalue weighted by Crippen LogP contribution is -2.06. The molecule has 78 valence electrons. The van der Waals surface area contributed by atoms with E-state index in [1.165, 1.54) is 0 Å². The summed E-state index contributed by atoms with van der Waals surface area (Å²) in [5, 5.41) is 8.83.